The quantitative estimate of drug-likeness (QED) is 0.837. The lowest BCUT2D eigenvalue weighted by atomic mass is 10.1. The van der Waals surface area contributed by atoms with E-state index >= 15 is 0 Å². The van der Waals surface area contributed by atoms with Crippen molar-refractivity contribution in [3.05, 3.63) is 24.0 Å². The van der Waals surface area contributed by atoms with Gasteiger partial charge in [-0.3, -0.25) is 0 Å². The van der Waals surface area contributed by atoms with E-state index in [1.165, 1.54) is 6.20 Å². The van der Waals surface area contributed by atoms with E-state index in [4.69, 9.17) is 10.4 Å². The molecule has 90 valence electrons. The molecule has 1 aliphatic heterocycles. The number of rotatable bonds is 3. The highest BCUT2D eigenvalue weighted by Crippen LogP contribution is 2.22. The Hall–Kier alpha value is -1.29. The van der Waals surface area contributed by atoms with Gasteiger partial charge in [0.1, 0.15) is 17.1 Å². The van der Waals surface area contributed by atoms with Crippen molar-refractivity contribution >= 4 is 11.0 Å². The molecule has 2 atom stereocenters. The van der Waals surface area contributed by atoms with Crippen LogP contribution in [0.25, 0.3) is 0 Å². The summed E-state index contributed by atoms with van der Waals surface area (Å²) in [5.41, 5.74) is 0.207. The lowest BCUT2D eigenvalue weighted by Crippen LogP contribution is -2.24. The summed E-state index contributed by atoms with van der Waals surface area (Å²) >= 11 is 0. The van der Waals surface area contributed by atoms with Crippen LogP contribution in [0.3, 0.4) is 0 Å². The third-order valence-corrected chi connectivity index (χ3v) is 4.31. The van der Waals surface area contributed by atoms with Crippen LogP contribution in [0.2, 0.25) is 0 Å². The SMILES string of the molecule is N#Cc1ncccc1S(=O)N1CCC(CO)C1. The molecular formula is C11H13N3O2S. The summed E-state index contributed by atoms with van der Waals surface area (Å²) < 4.78 is 14.0. The first-order valence-corrected chi connectivity index (χ1v) is 6.49. The Kier molecular flexibility index (Phi) is 3.84. The summed E-state index contributed by atoms with van der Waals surface area (Å²) in [7, 11) is -1.36. The van der Waals surface area contributed by atoms with Gasteiger partial charge in [0.05, 0.1) is 4.90 Å². The number of hydrogen-bond acceptors (Lipinski definition) is 4. The maximum absolute atomic E-state index is 12.3. The van der Waals surface area contributed by atoms with Crippen LogP contribution in [0.1, 0.15) is 12.1 Å². The number of hydrogen-bond donors (Lipinski definition) is 1. The van der Waals surface area contributed by atoms with Crippen LogP contribution < -0.4 is 0 Å². The maximum atomic E-state index is 12.3. The Bertz CT molecular complexity index is 472. The van der Waals surface area contributed by atoms with E-state index in [9.17, 15) is 4.21 Å². The molecule has 0 spiro atoms. The van der Waals surface area contributed by atoms with Crippen molar-refractivity contribution in [3.8, 4) is 6.07 Å². The minimum Gasteiger partial charge on any atom is -0.396 e. The molecule has 0 aliphatic carbocycles. The molecule has 0 aromatic carbocycles. The van der Waals surface area contributed by atoms with Gasteiger partial charge in [-0.1, -0.05) is 0 Å². The average molecular weight is 251 g/mol. The second kappa shape index (κ2) is 5.36. The van der Waals surface area contributed by atoms with Gasteiger partial charge in [-0.15, -0.1) is 0 Å². The van der Waals surface area contributed by atoms with Crippen LogP contribution in [-0.4, -0.2) is 38.3 Å². The topological polar surface area (TPSA) is 77.2 Å². The number of nitriles is 1. The highest BCUT2D eigenvalue weighted by atomic mass is 32.2. The molecule has 1 N–H and O–H groups in total. The van der Waals surface area contributed by atoms with Crippen molar-refractivity contribution in [2.24, 2.45) is 5.92 Å². The second-order valence-electron chi connectivity index (χ2n) is 3.94. The lowest BCUT2D eigenvalue weighted by molar-refractivity contribution is 0.233. The Morgan fingerprint density at radius 1 is 1.71 bits per heavy atom. The first-order chi connectivity index (χ1) is 8.26. The highest BCUT2D eigenvalue weighted by molar-refractivity contribution is 7.82. The van der Waals surface area contributed by atoms with Gasteiger partial charge < -0.3 is 5.11 Å². The summed E-state index contributed by atoms with van der Waals surface area (Å²) in [5, 5.41) is 17.9. The van der Waals surface area contributed by atoms with Crippen molar-refractivity contribution in [2.45, 2.75) is 11.3 Å². The predicted molar refractivity (Wildman–Crippen MR) is 62.1 cm³/mol. The molecule has 2 heterocycles. The standard InChI is InChI=1S/C11H13N3O2S/c12-6-10-11(2-1-4-13-10)17(16)14-5-3-9(7-14)8-15/h1-2,4,9,15H,3,5,7-8H2. The molecule has 6 heteroatoms. The maximum Gasteiger partial charge on any atom is 0.157 e. The van der Waals surface area contributed by atoms with Crippen molar-refractivity contribution in [2.75, 3.05) is 19.7 Å². The van der Waals surface area contributed by atoms with Crippen LogP contribution in [0.15, 0.2) is 23.2 Å². The smallest absolute Gasteiger partial charge is 0.157 e. The van der Waals surface area contributed by atoms with Gasteiger partial charge in [-0.25, -0.2) is 13.5 Å². The van der Waals surface area contributed by atoms with Crippen molar-refractivity contribution in [1.82, 2.24) is 9.29 Å². The summed E-state index contributed by atoms with van der Waals surface area (Å²) in [6.45, 7) is 1.40. The van der Waals surface area contributed by atoms with Gasteiger partial charge in [-0.2, -0.15) is 5.26 Å². The fraction of sp³-hybridized carbons (Fsp3) is 0.455. The van der Waals surface area contributed by atoms with E-state index in [2.05, 4.69) is 4.98 Å². The van der Waals surface area contributed by atoms with Crippen molar-refractivity contribution < 1.29 is 9.32 Å². The van der Waals surface area contributed by atoms with Gasteiger partial charge in [0.15, 0.2) is 5.69 Å². The molecule has 2 unspecified atom stereocenters. The average Bonchev–Trinajstić information content (AvgIpc) is 2.86. The van der Waals surface area contributed by atoms with E-state index in [1.54, 1.807) is 16.4 Å². The molecule has 2 rings (SSSR count). The number of pyridine rings is 1. The lowest BCUT2D eigenvalue weighted by Gasteiger charge is -2.14. The number of aliphatic hydroxyl groups excluding tert-OH is 1. The summed E-state index contributed by atoms with van der Waals surface area (Å²) in [4.78, 5) is 4.35. The van der Waals surface area contributed by atoms with Crippen LogP contribution in [0, 0.1) is 17.2 Å². The molecule has 1 aromatic rings. The Morgan fingerprint density at radius 2 is 2.53 bits per heavy atom. The first-order valence-electron chi connectivity index (χ1n) is 5.39. The van der Waals surface area contributed by atoms with Gasteiger partial charge in [0.2, 0.25) is 0 Å². The molecule has 1 saturated heterocycles. The second-order valence-corrected chi connectivity index (χ2v) is 5.39. The molecule has 17 heavy (non-hydrogen) atoms. The Morgan fingerprint density at radius 3 is 3.18 bits per heavy atom. The summed E-state index contributed by atoms with van der Waals surface area (Å²) in [6, 6.07) is 5.28. The van der Waals surface area contributed by atoms with Crippen LogP contribution in [0.5, 0.6) is 0 Å². The fourth-order valence-electron chi connectivity index (χ4n) is 1.85. The normalized spacial score (nSPS) is 22.2. The fourth-order valence-corrected chi connectivity index (χ4v) is 3.21. The van der Waals surface area contributed by atoms with E-state index in [-0.39, 0.29) is 18.2 Å². The predicted octanol–water partition coefficient (Wildman–Crippen LogP) is 0.290. The monoisotopic (exact) mass is 251 g/mol. The van der Waals surface area contributed by atoms with E-state index in [1.807, 2.05) is 6.07 Å². The Balaban J connectivity index is 2.18. The zero-order valence-electron chi connectivity index (χ0n) is 9.24. The van der Waals surface area contributed by atoms with Crippen molar-refractivity contribution in [3.63, 3.8) is 0 Å². The Labute approximate surface area is 102 Å². The minimum atomic E-state index is -1.36. The first kappa shape index (κ1) is 12.2. The highest BCUT2D eigenvalue weighted by Gasteiger charge is 2.27. The van der Waals surface area contributed by atoms with Gasteiger partial charge >= 0.3 is 0 Å². The van der Waals surface area contributed by atoms with Crippen LogP contribution in [-0.2, 0) is 11.0 Å². The third-order valence-electron chi connectivity index (χ3n) is 2.81. The number of aromatic nitrogens is 1. The zero-order chi connectivity index (χ0) is 12.3. The van der Waals surface area contributed by atoms with Crippen molar-refractivity contribution in [1.29, 1.82) is 5.26 Å². The minimum absolute atomic E-state index is 0.117. The molecule has 1 fully saturated rings. The summed E-state index contributed by atoms with van der Waals surface area (Å²) in [6.07, 6.45) is 2.35. The largest absolute Gasteiger partial charge is 0.396 e. The third kappa shape index (κ3) is 2.52. The van der Waals surface area contributed by atoms with Crippen LogP contribution >= 0.6 is 0 Å². The molecule has 5 nitrogen and oxygen atoms in total. The van der Waals surface area contributed by atoms with Gasteiger partial charge in [-0.05, 0) is 24.5 Å². The molecular weight excluding hydrogens is 238 g/mol. The molecule has 1 aliphatic rings. The van der Waals surface area contributed by atoms with E-state index < -0.39 is 11.0 Å². The zero-order valence-corrected chi connectivity index (χ0v) is 10.1. The molecule has 0 saturated carbocycles. The molecule has 0 radical (unpaired) electrons. The number of aliphatic hydroxyl groups is 1. The van der Waals surface area contributed by atoms with Gasteiger partial charge in [0.25, 0.3) is 0 Å². The summed E-state index contributed by atoms with van der Waals surface area (Å²) in [5.74, 6) is 0.182. The van der Waals surface area contributed by atoms with E-state index in [0.29, 0.717) is 18.0 Å². The van der Waals surface area contributed by atoms with Crippen LogP contribution in [0.4, 0.5) is 0 Å². The molecule has 0 bridgehead atoms. The van der Waals surface area contributed by atoms with Gasteiger partial charge in [0, 0.05) is 25.9 Å². The van der Waals surface area contributed by atoms with E-state index in [0.717, 1.165) is 6.42 Å². The molecule has 1 aromatic heterocycles. The molecule has 0 amide bonds. The number of nitrogens with zero attached hydrogens (tertiary/aromatic N) is 3.